The third kappa shape index (κ3) is 2.35. The molecule has 152 valence electrons. The highest BCUT2D eigenvalue weighted by Crippen LogP contribution is 2.42. The van der Waals surface area contributed by atoms with Gasteiger partial charge in [0, 0.05) is 30.1 Å². The van der Waals surface area contributed by atoms with E-state index in [0.29, 0.717) is 5.92 Å². The largest absolute Gasteiger partial charge is 0.455 e. The number of hydrogen-bond donors (Lipinski definition) is 0. The molecule has 1 aliphatic rings. The van der Waals surface area contributed by atoms with Gasteiger partial charge in [-0.1, -0.05) is 25.3 Å². The summed E-state index contributed by atoms with van der Waals surface area (Å²) in [6, 6.07) is 9.26. The molecule has 2 aromatic carbocycles. The van der Waals surface area contributed by atoms with Crippen LogP contribution < -0.4 is 4.57 Å². The van der Waals surface area contributed by atoms with Gasteiger partial charge in [-0.25, -0.2) is 4.57 Å². The number of pyridine rings is 1. The predicted octanol–water partition coefficient (Wildman–Crippen LogP) is 6.72. The average Bonchev–Trinajstić information content (AvgIpc) is 3.16. The highest BCUT2D eigenvalue weighted by molar-refractivity contribution is 6.19. The fourth-order valence-corrected chi connectivity index (χ4v) is 5.96. The van der Waals surface area contributed by atoms with E-state index in [1.54, 1.807) is 0 Å². The van der Waals surface area contributed by atoms with E-state index in [2.05, 4.69) is 73.7 Å². The lowest BCUT2D eigenvalue weighted by Crippen LogP contribution is -2.25. The fraction of sp³-hybridized carbons (Fsp3) is 0.370. The fourth-order valence-electron chi connectivity index (χ4n) is 5.96. The normalized spacial score (nSPS) is 15.9. The van der Waals surface area contributed by atoms with Crippen LogP contribution in [0.15, 0.2) is 41.1 Å². The number of aromatic nitrogens is 2. The molecule has 3 heteroatoms. The maximum Gasteiger partial charge on any atom is 0.219 e. The van der Waals surface area contributed by atoms with Gasteiger partial charge in [-0.05, 0) is 61.3 Å². The van der Waals surface area contributed by atoms with E-state index in [0.717, 1.165) is 11.2 Å². The second kappa shape index (κ2) is 6.34. The molecular formula is C27H29N2O+. The molecule has 30 heavy (non-hydrogen) atoms. The summed E-state index contributed by atoms with van der Waals surface area (Å²) >= 11 is 0. The van der Waals surface area contributed by atoms with Crippen LogP contribution in [0.5, 0.6) is 0 Å². The van der Waals surface area contributed by atoms with Crippen molar-refractivity contribution in [2.45, 2.75) is 51.9 Å². The molecule has 3 heterocycles. The Balaban J connectivity index is 1.80. The van der Waals surface area contributed by atoms with Gasteiger partial charge in [-0.15, -0.1) is 0 Å². The lowest BCUT2D eigenvalue weighted by atomic mass is 9.83. The highest BCUT2D eigenvalue weighted by Gasteiger charge is 2.24. The summed E-state index contributed by atoms with van der Waals surface area (Å²) in [5, 5.41) is 5.12. The van der Waals surface area contributed by atoms with Crippen LogP contribution in [-0.4, -0.2) is 4.57 Å². The Morgan fingerprint density at radius 1 is 1.00 bits per heavy atom. The molecule has 6 rings (SSSR count). The van der Waals surface area contributed by atoms with Crippen molar-refractivity contribution < 1.29 is 8.98 Å². The van der Waals surface area contributed by atoms with Crippen molar-refractivity contribution in [2.75, 3.05) is 0 Å². The molecule has 5 aromatic rings. The van der Waals surface area contributed by atoms with Gasteiger partial charge in [-0.2, -0.15) is 0 Å². The molecule has 0 aliphatic heterocycles. The third-order valence-corrected chi connectivity index (χ3v) is 7.52. The first kappa shape index (κ1) is 18.0. The quantitative estimate of drug-likeness (QED) is 0.175. The Morgan fingerprint density at radius 2 is 1.80 bits per heavy atom. The summed E-state index contributed by atoms with van der Waals surface area (Å²) in [4.78, 5) is 0. The lowest BCUT2D eigenvalue weighted by molar-refractivity contribution is -0.642. The summed E-state index contributed by atoms with van der Waals surface area (Å²) in [6.07, 6.45) is 11.1. The number of aryl methyl sites for hydroxylation is 4. The third-order valence-electron chi connectivity index (χ3n) is 7.52. The summed E-state index contributed by atoms with van der Waals surface area (Å²) in [7, 11) is 4.28. The van der Waals surface area contributed by atoms with Crippen LogP contribution in [0.4, 0.5) is 0 Å². The molecule has 0 atom stereocenters. The molecule has 3 nitrogen and oxygen atoms in total. The van der Waals surface area contributed by atoms with E-state index in [9.17, 15) is 0 Å². The summed E-state index contributed by atoms with van der Waals surface area (Å²) in [5.74, 6) is 0.667. The Labute approximate surface area is 176 Å². The number of fused-ring (bicyclic) bond motifs is 3. The van der Waals surface area contributed by atoms with E-state index in [1.807, 2.05) is 0 Å². The Hall–Kier alpha value is -2.81. The number of hydrogen-bond acceptors (Lipinski definition) is 1. The molecule has 0 saturated heterocycles. The maximum atomic E-state index is 6.75. The van der Waals surface area contributed by atoms with Crippen molar-refractivity contribution in [3.63, 3.8) is 0 Å². The van der Waals surface area contributed by atoms with Crippen LogP contribution in [0.3, 0.4) is 0 Å². The molecule has 1 aliphatic carbocycles. The molecule has 0 unspecified atom stereocenters. The topological polar surface area (TPSA) is 21.9 Å². The zero-order valence-corrected chi connectivity index (χ0v) is 18.4. The van der Waals surface area contributed by atoms with Gasteiger partial charge in [0.2, 0.25) is 5.52 Å². The van der Waals surface area contributed by atoms with Crippen molar-refractivity contribution >= 4 is 43.7 Å². The predicted molar refractivity (Wildman–Crippen MR) is 124 cm³/mol. The molecule has 3 aromatic heterocycles. The van der Waals surface area contributed by atoms with Gasteiger partial charge < -0.3 is 8.98 Å². The molecule has 0 radical (unpaired) electrons. The van der Waals surface area contributed by atoms with Crippen LogP contribution >= 0.6 is 0 Å². The number of nitrogens with zero attached hydrogens (tertiary/aromatic N) is 2. The van der Waals surface area contributed by atoms with E-state index < -0.39 is 0 Å². The second-order valence-corrected chi connectivity index (χ2v) is 9.34. The molecule has 0 spiro atoms. The van der Waals surface area contributed by atoms with Gasteiger partial charge in [0.1, 0.15) is 18.2 Å². The summed E-state index contributed by atoms with van der Waals surface area (Å²) in [5.41, 5.74) is 8.59. The maximum absolute atomic E-state index is 6.75. The molecule has 0 N–H and O–H groups in total. The first-order valence-electron chi connectivity index (χ1n) is 11.3. The SMILES string of the molecule is Cc1c2cc[n+](C)c2c(C)c2oc3cc(C4CCCCC4)cc4ccn(C)c(c12)c43. The first-order valence-corrected chi connectivity index (χ1v) is 11.3. The average molecular weight is 398 g/mol. The number of rotatable bonds is 1. The molecule has 1 saturated carbocycles. The second-order valence-electron chi connectivity index (χ2n) is 9.34. The Morgan fingerprint density at radius 3 is 2.60 bits per heavy atom. The van der Waals surface area contributed by atoms with Crippen molar-refractivity contribution in [1.29, 1.82) is 0 Å². The van der Waals surface area contributed by atoms with Crippen LogP contribution in [-0.2, 0) is 14.1 Å². The highest BCUT2D eigenvalue weighted by atomic mass is 16.3. The van der Waals surface area contributed by atoms with Gasteiger partial charge in [0.05, 0.1) is 16.5 Å². The zero-order chi connectivity index (χ0) is 20.6. The summed E-state index contributed by atoms with van der Waals surface area (Å²) < 4.78 is 11.2. The van der Waals surface area contributed by atoms with Crippen LogP contribution in [0.2, 0.25) is 0 Å². The summed E-state index contributed by atoms with van der Waals surface area (Å²) in [6.45, 7) is 4.45. The van der Waals surface area contributed by atoms with Crippen molar-refractivity contribution in [1.82, 2.24) is 4.57 Å². The van der Waals surface area contributed by atoms with Crippen LogP contribution in [0.1, 0.15) is 54.7 Å². The van der Waals surface area contributed by atoms with Gasteiger partial charge in [-0.3, -0.25) is 0 Å². The molecule has 0 bridgehead atoms. The minimum atomic E-state index is 0.667. The van der Waals surface area contributed by atoms with Crippen LogP contribution in [0, 0.1) is 13.8 Å². The van der Waals surface area contributed by atoms with E-state index in [1.165, 1.54) is 81.4 Å². The molecular weight excluding hydrogens is 368 g/mol. The monoisotopic (exact) mass is 397 g/mol. The minimum Gasteiger partial charge on any atom is -0.455 e. The minimum absolute atomic E-state index is 0.667. The van der Waals surface area contributed by atoms with Crippen LogP contribution in [0.25, 0.3) is 43.7 Å². The molecule has 0 amide bonds. The Bertz CT molecular complexity index is 1460. The van der Waals surface area contributed by atoms with E-state index in [-0.39, 0.29) is 0 Å². The van der Waals surface area contributed by atoms with Gasteiger partial charge in [0.25, 0.3) is 0 Å². The Kier molecular flexibility index (Phi) is 3.80. The zero-order valence-electron chi connectivity index (χ0n) is 18.4. The van der Waals surface area contributed by atoms with Crippen molar-refractivity contribution in [3.05, 3.63) is 53.3 Å². The standard InChI is InChI=1S/C27H29N2O/c1-16-21-11-13-28(3)25(21)17(2)27-23(16)26-24-19(10-12-29(26)4)14-20(15-22(24)30-27)18-8-6-5-7-9-18/h10-15,18H,5-9H2,1-4H3/q+1. The lowest BCUT2D eigenvalue weighted by Gasteiger charge is -2.23. The van der Waals surface area contributed by atoms with E-state index in [4.69, 9.17) is 4.42 Å². The van der Waals surface area contributed by atoms with E-state index >= 15 is 0 Å². The van der Waals surface area contributed by atoms with Crippen molar-refractivity contribution in [3.8, 4) is 0 Å². The molecule has 1 fully saturated rings. The van der Waals surface area contributed by atoms with Gasteiger partial charge in [0.15, 0.2) is 6.20 Å². The van der Waals surface area contributed by atoms with Gasteiger partial charge >= 0.3 is 0 Å². The van der Waals surface area contributed by atoms with Crippen molar-refractivity contribution in [2.24, 2.45) is 14.1 Å². The smallest absolute Gasteiger partial charge is 0.219 e. The number of benzene rings is 2. The first-order chi connectivity index (χ1) is 14.5.